The van der Waals surface area contributed by atoms with Gasteiger partial charge in [-0.2, -0.15) is 0 Å². The van der Waals surface area contributed by atoms with E-state index in [1.807, 2.05) is 12.1 Å². The number of aromatic carboxylic acids is 1. The van der Waals surface area contributed by atoms with Crippen molar-refractivity contribution < 1.29 is 9.90 Å². The van der Waals surface area contributed by atoms with Crippen LogP contribution in [0.5, 0.6) is 0 Å². The number of nitrogens with one attached hydrogen (secondary N) is 1. The summed E-state index contributed by atoms with van der Waals surface area (Å²) in [5.74, 6) is -0.890. The van der Waals surface area contributed by atoms with Gasteiger partial charge in [-0.05, 0) is 30.2 Å². The molecule has 0 radical (unpaired) electrons. The maximum atomic E-state index is 10.7. The number of halogens is 1. The first-order valence-corrected chi connectivity index (χ1v) is 6.23. The fourth-order valence-corrected chi connectivity index (χ4v) is 1.82. The number of hydrogen-bond donors (Lipinski definition) is 2. The van der Waals surface area contributed by atoms with E-state index in [2.05, 4.69) is 36.5 Å². The second-order valence-electron chi connectivity index (χ2n) is 4.59. The predicted molar refractivity (Wildman–Crippen MR) is 82.4 cm³/mol. The Kier molecular flexibility index (Phi) is 6.22. The highest BCUT2D eigenvalue weighted by Crippen LogP contribution is 2.06. The summed E-state index contributed by atoms with van der Waals surface area (Å²) in [5, 5.41) is 12.1. The predicted octanol–water partition coefficient (Wildman–Crippen LogP) is 3.40. The minimum Gasteiger partial charge on any atom is -0.478 e. The summed E-state index contributed by atoms with van der Waals surface area (Å²) in [6, 6.07) is 15.3. The molecule has 20 heavy (non-hydrogen) atoms. The largest absolute Gasteiger partial charge is 0.478 e. The summed E-state index contributed by atoms with van der Waals surface area (Å²) in [5.41, 5.74) is 3.90. The molecule has 0 aliphatic rings. The zero-order valence-electron chi connectivity index (χ0n) is 11.3. The first-order chi connectivity index (χ1) is 9.15. The fraction of sp³-hybridized carbons (Fsp3) is 0.188. The number of carboxylic acid groups (broad SMARTS) is 1. The molecule has 0 aliphatic carbocycles. The second-order valence-corrected chi connectivity index (χ2v) is 4.59. The van der Waals surface area contributed by atoms with Gasteiger partial charge in [0.25, 0.3) is 0 Å². The molecule has 2 aromatic carbocycles. The number of carbonyl (C=O) groups is 1. The Labute approximate surface area is 125 Å². The van der Waals surface area contributed by atoms with E-state index in [4.69, 9.17) is 5.11 Å². The molecular weight excluding hydrogens is 274 g/mol. The lowest BCUT2D eigenvalue weighted by Crippen LogP contribution is -2.12. The molecule has 0 atom stereocenters. The van der Waals surface area contributed by atoms with Gasteiger partial charge in [-0.15, -0.1) is 12.4 Å². The van der Waals surface area contributed by atoms with Crippen molar-refractivity contribution >= 4 is 18.4 Å². The van der Waals surface area contributed by atoms with Crippen LogP contribution in [-0.4, -0.2) is 11.1 Å². The third kappa shape index (κ3) is 4.68. The van der Waals surface area contributed by atoms with Gasteiger partial charge in [-0.25, -0.2) is 4.79 Å². The standard InChI is InChI=1S/C16H17NO2.ClH/c1-12-2-4-13(5-3-12)10-17-11-14-6-8-15(9-7-14)16(18)19;/h2-9,17H,10-11H2,1H3,(H,18,19);1H. The van der Waals surface area contributed by atoms with Gasteiger partial charge in [-0.1, -0.05) is 42.0 Å². The monoisotopic (exact) mass is 291 g/mol. The van der Waals surface area contributed by atoms with Crippen molar-refractivity contribution in [2.75, 3.05) is 0 Å². The van der Waals surface area contributed by atoms with Crippen LogP contribution in [0.3, 0.4) is 0 Å². The van der Waals surface area contributed by atoms with Gasteiger partial charge >= 0.3 is 5.97 Å². The molecule has 0 fully saturated rings. The molecule has 4 heteroatoms. The Balaban J connectivity index is 0.00000200. The average Bonchev–Trinajstić information content (AvgIpc) is 2.41. The summed E-state index contributed by atoms with van der Waals surface area (Å²) in [6.45, 7) is 3.61. The van der Waals surface area contributed by atoms with Crippen molar-refractivity contribution in [2.24, 2.45) is 0 Å². The SMILES string of the molecule is Cc1ccc(CNCc2ccc(C(=O)O)cc2)cc1.Cl. The molecule has 0 saturated carbocycles. The van der Waals surface area contributed by atoms with Crippen LogP contribution in [0.1, 0.15) is 27.0 Å². The van der Waals surface area contributed by atoms with Crippen molar-refractivity contribution in [3.8, 4) is 0 Å². The molecule has 2 aromatic rings. The highest BCUT2D eigenvalue weighted by Gasteiger charge is 2.01. The highest BCUT2D eigenvalue weighted by atomic mass is 35.5. The number of rotatable bonds is 5. The molecule has 2 N–H and O–H groups in total. The van der Waals surface area contributed by atoms with Crippen LogP contribution in [0.15, 0.2) is 48.5 Å². The van der Waals surface area contributed by atoms with Crippen LogP contribution in [0.4, 0.5) is 0 Å². The van der Waals surface area contributed by atoms with Crippen molar-refractivity contribution in [1.29, 1.82) is 0 Å². The van der Waals surface area contributed by atoms with Crippen LogP contribution >= 0.6 is 12.4 Å². The molecule has 106 valence electrons. The van der Waals surface area contributed by atoms with E-state index < -0.39 is 5.97 Å². The van der Waals surface area contributed by atoms with Gasteiger partial charge in [0.15, 0.2) is 0 Å². The van der Waals surface area contributed by atoms with Crippen molar-refractivity contribution in [3.05, 3.63) is 70.8 Å². The van der Waals surface area contributed by atoms with Crippen LogP contribution in [-0.2, 0) is 13.1 Å². The van der Waals surface area contributed by atoms with Gasteiger partial charge in [0.2, 0.25) is 0 Å². The van der Waals surface area contributed by atoms with E-state index in [9.17, 15) is 4.79 Å². The molecule has 0 aromatic heterocycles. The van der Waals surface area contributed by atoms with Crippen LogP contribution in [0.2, 0.25) is 0 Å². The second kappa shape index (κ2) is 7.68. The third-order valence-corrected chi connectivity index (χ3v) is 2.98. The molecule has 0 heterocycles. The van der Waals surface area contributed by atoms with Crippen LogP contribution in [0, 0.1) is 6.92 Å². The summed E-state index contributed by atoms with van der Waals surface area (Å²) >= 11 is 0. The van der Waals surface area contributed by atoms with E-state index in [1.54, 1.807) is 12.1 Å². The summed E-state index contributed by atoms with van der Waals surface area (Å²) in [6.07, 6.45) is 0. The number of aryl methyl sites for hydroxylation is 1. The maximum Gasteiger partial charge on any atom is 0.335 e. The molecule has 2 rings (SSSR count). The number of hydrogen-bond acceptors (Lipinski definition) is 2. The third-order valence-electron chi connectivity index (χ3n) is 2.98. The lowest BCUT2D eigenvalue weighted by atomic mass is 10.1. The maximum absolute atomic E-state index is 10.7. The molecule has 0 bridgehead atoms. The molecule has 0 amide bonds. The van der Waals surface area contributed by atoms with E-state index in [-0.39, 0.29) is 12.4 Å². The molecule has 0 saturated heterocycles. The minimum atomic E-state index is -0.890. The first kappa shape index (κ1) is 16.2. The zero-order chi connectivity index (χ0) is 13.7. The van der Waals surface area contributed by atoms with Crippen LogP contribution in [0.25, 0.3) is 0 Å². The first-order valence-electron chi connectivity index (χ1n) is 6.23. The Morgan fingerprint density at radius 2 is 1.40 bits per heavy atom. The lowest BCUT2D eigenvalue weighted by Gasteiger charge is -2.06. The minimum absolute atomic E-state index is 0. The van der Waals surface area contributed by atoms with Crippen molar-refractivity contribution in [1.82, 2.24) is 5.32 Å². The Bertz CT molecular complexity index is 550. The number of benzene rings is 2. The summed E-state index contributed by atoms with van der Waals surface area (Å²) < 4.78 is 0. The molecular formula is C16H18ClNO2. The van der Waals surface area contributed by atoms with Gasteiger partial charge in [0.1, 0.15) is 0 Å². The zero-order valence-corrected chi connectivity index (χ0v) is 12.1. The highest BCUT2D eigenvalue weighted by molar-refractivity contribution is 5.87. The Morgan fingerprint density at radius 3 is 1.85 bits per heavy atom. The molecule has 0 spiro atoms. The van der Waals surface area contributed by atoms with Gasteiger partial charge in [0, 0.05) is 13.1 Å². The normalized spacial score (nSPS) is 9.85. The average molecular weight is 292 g/mol. The van der Waals surface area contributed by atoms with Crippen molar-refractivity contribution in [3.63, 3.8) is 0 Å². The lowest BCUT2D eigenvalue weighted by molar-refractivity contribution is 0.0697. The van der Waals surface area contributed by atoms with E-state index in [1.165, 1.54) is 11.1 Å². The van der Waals surface area contributed by atoms with E-state index in [0.717, 1.165) is 18.7 Å². The smallest absolute Gasteiger partial charge is 0.335 e. The van der Waals surface area contributed by atoms with Gasteiger partial charge in [0.05, 0.1) is 5.56 Å². The quantitative estimate of drug-likeness (QED) is 0.887. The molecule has 3 nitrogen and oxygen atoms in total. The van der Waals surface area contributed by atoms with Crippen LogP contribution < -0.4 is 5.32 Å². The van der Waals surface area contributed by atoms with Gasteiger partial charge < -0.3 is 10.4 Å². The topological polar surface area (TPSA) is 49.3 Å². The molecule has 0 unspecified atom stereocenters. The molecule has 0 aliphatic heterocycles. The van der Waals surface area contributed by atoms with Gasteiger partial charge in [-0.3, -0.25) is 0 Å². The van der Waals surface area contributed by atoms with E-state index in [0.29, 0.717) is 5.56 Å². The fourth-order valence-electron chi connectivity index (χ4n) is 1.82. The Morgan fingerprint density at radius 1 is 0.950 bits per heavy atom. The number of carboxylic acids is 1. The summed E-state index contributed by atoms with van der Waals surface area (Å²) in [7, 11) is 0. The van der Waals surface area contributed by atoms with E-state index >= 15 is 0 Å². The summed E-state index contributed by atoms with van der Waals surface area (Å²) in [4.78, 5) is 10.7. The van der Waals surface area contributed by atoms with Crippen molar-refractivity contribution in [2.45, 2.75) is 20.0 Å². The Hall–Kier alpha value is -1.84.